The van der Waals surface area contributed by atoms with Crippen molar-refractivity contribution in [2.45, 2.75) is 19.3 Å². The first-order valence-corrected chi connectivity index (χ1v) is 5.72. The number of H-pyrrole nitrogens is 1. The number of nitrogens with two attached hydrogens (primary N) is 1. The van der Waals surface area contributed by atoms with E-state index in [1.54, 1.807) is 0 Å². The minimum atomic E-state index is 0.187. The summed E-state index contributed by atoms with van der Waals surface area (Å²) in [6.45, 7) is 0. The van der Waals surface area contributed by atoms with Gasteiger partial charge in [-0.2, -0.15) is 5.10 Å². The zero-order chi connectivity index (χ0) is 11.8. The summed E-state index contributed by atoms with van der Waals surface area (Å²) in [4.78, 5) is 11.9. The van der Waals surface area contributed by atoms with Crippen molar-refractivity contribution in [3.63, 3.8) is 0 Å². The molecule has 0 amide bonds. The van der Waals surface area contributed by atoms with Crippen LogP contribution in [0.5, 0.6) is 0 Å². The molecule has 1 aromatic heterocycles. The lowest BCUT2D eigenvalue weighted by Crippen LogP contribution is -2.09. The van der Waals surface area contributed by atoms with Gasteiger partial charge in [0.2, 0.25) is 0 Å². The molecule has 0 fully saturated rings. The number of aryl methyl sites for hydroxylation is 1. The molecular formula is C13H13N3O. The van der Waals surface area contributed by atoms with Crippen LogP contribution in [0.2, 0.25) is 0 Å². The predicted molar refractivity (Wildman–Crippen MR) is 65.7 cm³/mol. The Morgan fingerprint density at radius 1 is 1.18 bits per heavy atom. The first-order valence-electron chi connectivity index (χ1n) is 5.72. The van der Waals surface area contributed by atoms with E-state index in [4.69, 9.17) is 5.73 Å². The fraction of sp³-hybridized carbons (Fsp3) is 0.231. The Kier molecular flexibility index (Phi) is 2.21. The summed E-state index contributed by atoms with van der Waals surface area (Å²) < 4.78 is 0. The quantitative estimate of drug-likeness (QED) is 0.733. The van der Waals surface area contributed by atoms with Gasteiger partial charge in [0, 0.05) is 23.4 Å². The highest BCUT2D eigenvalue weighted by Crippen LogP contribution is 2.29. The summed E-state index contributed by atoms with van der Waals surface area (Å²) in [6.07, 6.45) is 2.44. The summed E-state index contributed by atoms with van der Waals surface area (Å²) in [5.74, 6) is 0.187. The normalized spacial score (nSPS) is 14.7. The number of nitrogens with zero attached hydrogens (tertiary/aromatic N) is 1. The van der Waals surface area contributed by atoms with E-state index in [0.717, 1.165) is 35.4 Å². The second kappa shape index (κ2) is 3.73. The third-order valence-electron chi connectivity index (χ3n) is 3.13. The van der Waals surface area contributed by atoms with E-state index < -0.39 is 0 Å². The fourth-order valence-corrected chi connectivity index (χ4v) is 2.26. The van der Waals surface area contributed by atoms with Crippen molar-refractivity contribution >= 4 is 11.5 Å². The molecule has 4 heteroatoms. The van der Waals surface area contributed by atoms with Gasteiger partial charge < -0.3 is 5.73 Å². The van der Waals surface area contributed by atoms with Gasteiger partial charge in [-0.3, -0.25) is 9.89 Å². The number of Topliss-reactive ketones (excluding diaryl/α,β-unsaturated/α-hetero) is 1. The lowest BCUT2D eigenvalue weighted by atomic mass is 9.92. The lowest BCUT2D eigenvalue weighted by molar-refractivity contribution is 0.0973. The molecule has 17 heavy (non-hydrogen) atoms. The van der Waals surface area contributed by atoms with Gasteiger partial charge in [-0.15, -0.1) is 0 Å². The number of ketones is 1. The largest absolute Gasteiger partial charge is 0.399 e. The molecule has 3 N–H and O–H groups in total. The summed E-state index contributed by atoms with van der Waals surface area (Å²) in [5.41, 5.74) is 9.78. The second-order valence-corrected chi connectivity index (χ2v) is 4.32. The summed E-state index contributed by atoms with van der Waals surface area (Å²) in [5, 5.41) is 7.23. The van der Waals surface area contributed by atoms with Crippen LogP contribution in [0.25, 0.3) is 11.3 Å². The first kappa shape index (κ1) is 10.1. The Morgan fingerprint density at radius 3 is 2.71 bits per heavy atom. The number of aromatic amines is 1. The van der Waals surface area contributed by atoms with Crippen LogP contribution in [0.4, 0.5) is 5.69 Å². The Balaban J connectivity index is 2.12. The molecule has 86 valence electrons. The number of carbonyl (C=O) groups is 1. The molecule has 0 saturated carbocycles. The van der Waals surface area contributed by atoms with Gasteiger partial charge in [0.15, 0.2) is 5.78 Å². The zero-order valence-electron chi connectivity index (χ0n) is 9.36. The summed E-state index contributed by atoms with van der Waals surface area (Å²) >= 11 is 0. The van der Waals surface area contributed by atoms with Gasteiger partial charge in [-0.05, 0) is 25.0 Å². The van der Waals surface area contributed by atoms with Gasteiger partial charge in [0.05, 0.1) is 5.56 Å². The highest BCUT2D eigenvalue weighted by atomic mass is 16.1. The van der Waals surface area contributed by atoms with Crippen LogP contribution in [-0.4, -0.2) is 16.0 Å². The smallest absolute Gasteiger partial charge is 0.166 e. The van der Waals surface area contributed by atoms with Gasteiger partial charge >= 0.3 is 0 Å². The maximum absolute atomic E-state index is 11.9. The predicted octanol–water partition coefficient (Wildman–Crippen LogP) is 2.18. The van der Waals surface area contributed by atoms with E-state index in [1.165, 1.54) is 0 Å². The summed E-state index contributed by atoms with van der Waals surface area (Å²) in [7, 11) is 0. The average molecular weight is 227 g/mol. The number of aromatic nitrogens is 2. The van der Waals surface area contributed by atoms with Gasteiger partial charge in [-0.25, -0.2) is 0 Å². The number of nitrogen functional groups attached to an aromatic ring is 1. The van der Waals surface area contributed by atoms with Gasteiger partial charge in [0.1, 0.15) is 5.69 Å². The second-order valence-electron chi connectivity index (χ2n) is 4.32. The Morgan fingerprint density at radius 2 is 1.94 bits per heavy atom. The third-order valence-corrected chi connectivity index (χ3v) is 3.13. The van der Waals surface area contributed by atoms with Crippen molar-refractivity contribution in [1.82, 2.24) is 10.2 Å². The van der Waals surface area contributed by atoms with E-state index in [0.29, 0.717) is 12.1 Å². The molecule has 1 aromatic carbocycles. The van der Waals surface area contributed by atoms with Crippen LogP contribution in [0.3, 0.4) is 0 Å². The molecule has 1 aliphatic carbocycles. The number of nitrogens with one attached hydrogen (secondary N) is 1. The lowest BCUT2D eigenvalue weighted by Gasteiger charge is -2.10. The highest BCUT2D eigenvalue weighted by Gasteiger charge is 2.24. The monoisotopic (exact) mass is 227 g/mol. The number of hydrogen-bond donors (Lipinski definition) is 2. The molecule has 1 heterocycles. The van der Waals surface area contributed by atoms with Crippen LogP contribution in [0, 0.1) is 0 Å². The van der Waals surface area contributed by atoms with Crippen LogP contribution < -0.4 is 5.73 Å². The van der Waals surface area contributed by atoms with E-state index in [1.807, 2.05) is 24.3 Å². The van der Waals surface area contributed by atoms with Crippen molar-refractivity contribution in [3.05, 3.63) is 35.5 Å². The van der Waals surface area contributed by atoms with Crippen molar-refractivity contribution in [3.8, 4) is 11.3 Å². The molecular weight excluding hydrogens is 214 g/mol. The topological polar surface area (TPSA) is 71.8 Å². The summed E-state index contributed by atoms with van der Waals surface area (Å²) in [6, 6.07) is 7.44. The number of carbonyl (C=O) groups excluding carboxylic acids is 1. The van der Waals surface area contributed by atoms with Crippen LogP contribution in [0.1, 0.15) is 28.9 Å². The average Bonchev–Trinajstić information content (AvgIpc) is 2.75. The minimum Gasteiger partial charge on any atom is -0.399 e. The first-order chi connectivity index (χ1) is 8.25. The number of anilines is 1. The van der Waals surface area contributed by atoms with E-state index in [2.05, 4.69) is 10.2 Å². The Bertz CT molecular complexity index is 569. The van der Waals surface area contributed by atoms with Crippen LogP contribution >= 0.6 is 0 Å². The minimum absolute atomic E-state index is 0.187. The number of rotatable bonds is 1. The molecule has 2 aromatic rings. The van der Waals surface area contributed by atoms with E-state index in [9.17, 15) is 4.79 Å². The van der Waals surface area contributed by atoms with E-state index >= 15 is 0 Å². The molecule has 0 aliphatic heterocycles. The molecule has 0 unspecified atom stereocenters. The standard InChI is InChI=1S/C13H13N3O/c14-9-6-4-8(5-7-9)13-12-10(15-16-13)2-1-3-11(12)17/h4-7H,1-3,14H2,(H,15,16). The van der Waals surface area contributed by atoms with Gasteiger partial charge in [0.25, 0.3) is 0 Å². The number of hydrogen-bond acceptors (Lipinski definition) is 3. The molecule has 0 radical (unpaired) electrons. The van der Waals surface area contributed by atoms with Crippen molar-refractivity contribution in [2.75, 3.05) is 5.73 Å². The SMILES string of the molecule is Nc1ccc(-c2n[nH]c3c2C(=O)CCC3)cc1. The fourth-order valence-electron chi connectivity index (χ4n) is 2.26. The number of fused-ring (bicyclic) bond motifs is 1. The maximum Gasteiger partial charge on any atom is 0.166 e. The Hall–Kier alpha value is -2.10. The molecule has 3 rings (SSSR count). The van der Waals surface area contributed by atoms with Crippen molar-refractivity contribution in [1.29, 1.82) is 0 Å². The highest BCUT2D eigenvalue weighted by molar-refractivity contribution is 6.03. The zero-order valence-corrected chi connectivity index (χ0v) is 9.36. The molecule has 0 saturated heterocycles. The maximum atomic E-state index is 11.9. The van der Waals surface area contributed by atoms with Crippen LogP contribution in [-0.2, 0) is 6.42 Å². The van der Waals surface area contributed by atoms with Gasteiger partial charge in [-0.1, -0.05) is 12.1 Å². The third kappa shape index (κ3) is 1.62. The van der Waals surface area contributed by atoms with Crippen molar-refractivity contribution in [2.24, 2.45) is 0 Å². The number of benzene rings is 1. The molecule has 1 aliphatic rings. The Labute approximate surface area is 98.8 Å². The molecule has 0 spiro atoms. The van der Waals surface area contributed by atoms with E-state index in [-0.39, 0.29) is 5.78 Å². The van der Waals surface area contributed by atoms with Crippen molar-refractivity contribution < 1.29 is 4.79 Å². The van der Waals surface area contributed by atoms with Crippen LogP contribution in [0.15, 0.2) is 24.3 Å². The molecule has 4 nitrogen and oxygen atoms in total. The molecule has 0 bridgehead atoms. The molecule has 0 atom stereocenters.